The van der Waals surface area contributed by atoms with Crippen LogP contribution in [0.5, 0.6) is 0 Å². The van der Waals surface area contributed by atoms with E-state index in [1.807, 2.05) is 7.05 Å². The molecule has 2 heterocycles. The number of hydrogen-bond donors (Lipinski definition) is 2. The van der Waals surface area contributed by atoms with Crippen molar-refractivity contribution in [3.8, 4) is 0 Å². The molecule has 2 fully saturated rings. The van der Waals surface area contributed by atoms with Crippen LogP contribution in [0.3, 0.4) is 0 Å². The molecule has 2 aliphatic heterocycles. The summed E-state index contributed by atoms with van der Waals surface area (Å²) in [6, 6.07) is 0.0748. The average molecular weight is 282 g/mol. The zero-order valence-corrected chi connectivity index (χ0v) is 13.2. The highest BCUT2D eigenvalue weighted by Crippen LogP contribution is 2.21. The van der Waals surface area contributed by atoms with Gasteiger partial charge in [0.1, 0.15) is 0 Å². The summed E-state index contributed by atoms with van der Waals surface area (Å²) in [6.07, 6.45) is 2.15. The van der Waals surface area contributed by atoms with Gasteiger partial charge in [-0.15, -0.1) is 0 Å². The summed E-state index contributed by atoms with van der Waals surface area (Å²) in [4.78, 5) is 16.9. The van der Waals surface area contributed by atoms with Crippen molar-refractivity contribution in [2.24, 2.45) is 11.8 Å². The molecule has 0 aromatic carbocycles. The maximum absolute atomic E-state index is 12.4. The fraction of sp³-hybridized carbons (Fsp3) is 0.933. The van der Waals surface area contributed by atoms with Gasteiger partial charge in [0.15, 0.2) is 0 Å². The molecule has 0 radical (unpaired) electrons. The number of amides is 1. The fourth-order valence-corrected chi connectivity index (χ4v) is 3.34. The summed E-state index contributed by atoms with van der Waals surface area (Å²) in [7, 11) is 4.15. The van der Waals surface area contributed by atoms with Crippen molar-refractivity contribution in [2.45, 2.75) is 25.8 Å². The molecule has 2 rings (SSSR count). The lowest BCUT2D eigenvalue weighted by Crippen LogP contribution is -2.43. The Bertz CT molecular complexity index is 323. The Morgan fingerprint density at radius 2 is 2.30 bits per heavy atom. The third kappa shape index (κ3) is 4.17. The first-order valence-electron chi connectivity index (χ1n) is 7.95. The summed E-state index contributed by atoms with van der Waals surface area (Å²) in [5.41, 5.74) is 0. The van der Waals surface area contributed by atoms with Gasteiger partial charge in [-0.1, -0.05) is 6.92 Å². The maximum atomic E-state index is 12.4. The molecule has 1 amide bonds. The predicted octanol–water partition coefficient (Wildman–Crippen LogP) is -0.0159. The van der Waals surface area contributed by atoms with Crippen molar-refractivity contribution in [3.05, 3.63) is 0 Å². The quantitative estimate of drug-likeness (QED) is 0.719. The van der Waals surface area contributed by atoms with E-state index in [1.54, 1.807) is 0 Å². The topological polar surface area (TPSA) is 47.6 Å². The highest BCUT2D eigenvalue weighted by atomic mass is 16.2. The van der Waals surface area contributed by atoms with E-state index in [0.29, 0.717) is 17.7 Å². The molecule has 0 saturated carbocycles. The van der Waals surface area contributed by atoms with E-state index in [1.165, 1.54) is 0 Å². The van der Waals surface area contributed by atoms with Crippen LogP contribution < -0.4 is 10.6 Å². The van der Waals surface area contributed by atoms with Crippen molar-refractivity contribution in [1.29, 1.82) is 0 Å². The number of nitrogens with zero attached hydrogens (tertiary/aromatic N) is 2. The number of likely N-dealkylation sites (tertiary alicyclic amines) is 1. The zero-order valence-electron chi connectivity index (χ0n) is 13.2. The summed E-state index contributed by atoms with van der Waals surface area (Å²) < 4.78 is 0. The Morgan fingerprint density at radius 3 is 2.95 bits per heavy atom. The second-order valence-electron chi connectivity index (χ2n) is 6.61. The molecule has 3 atom stereocenters. The molecule has 0 aromatic heterocycles. The summed E-state index contributed by atoms with van der Waals surface area (Å²) in [5, 5.41) is 6.53. The SMILES string of the molecule is CNCCN(C)C[C@H]1CCN(C(=O)C2C[C@H](C)CN2)C1. The number of hydrogen-bond acceptors (Lipinski definition) is 4. The second-order valence-corrected chi connectivity index (χ2v) is 6.61. The summed E-state index contributed by atoms with van der Waals surface area (Å²) in [6.45, 7) is 8.27. The van der Waals surface area contributed by atoms with Gasteiger partial charge >= 0.3 is 0 Å². The molecule has 0 bridgehead atoms. The van der Waals surface area contributed by atoms with Crippen LogP contribution in [0.2, 0.25) is 0 Å². The molecule has 0 spiro atoms. The highest BCUT2D eigenvalue weighted by molar-refractivity contribution is 5.82. The van der Waals surface area contributed by atoms with Crippen LogP contribution in [0.15, 0.2) is 0 Å². The first-order valence-corrected chi connectivity index (χ1v) is 7.95. The largest absolute Gasteiger partial charge is 0.341 e. The van der Waals surface area contributed by atoms with Crippen molar-refractivity contribution in [2.75, 3.05) is 53.4 Å². The van der Waals surface area contributed by atoms with Crippen molar-refractivity contribution in [3.63, 3.8) is 0 Å². The van der Waals surface area contributed by atoms with Gasteiger partial charge in [0, 0.05) is 32.7 Å². The van der Waals surface area contributed by atoms with E-state index in [-0.39, 0.29) is 6.04 Å². The molecule has 20 heavy (non-hydrogen) atoms. The third-order valence-electron chi connectivity index (χ3n) is 4.56. The monoisotopic (exact) mass is 282 g/mol. The van der Waals surface area contributed by atoms with Crippen LogP contribution in [0.1, 0.15) is 19.8 Å². The first kappa shape index (κ1) is 15.7. The van der Waals surface area contributed by atoms with Gasteiger partial charge in [-0.05, 0) is 45.3 Å². The fourth-order valence-electron chi connectivity index (χ4n) is 3.34. The van der Waals surface area contributed by atoms with Gasteiger partial charge < -0.3 is 20.4 Å². The number of rotatable bonds is 6. The minimum Gasteiger partial charge on any atom is -0.341 e. The Morgan fingerprint density at radius 1 is 1.50 bits per heavy atom. The lowest BCUT2D eigenvalue weighted by molar-refractivity contribution is -0.132. The van der Waals surface area contributed by atoms with Gasteiger partial charge in [0.25, 0.3) is 0 Å². The molecule has 116 valence electrons. The normalized spacial score (nSPS) is 30.4. The number of nitrogens with one attached hydrogen (secondary N) is 2. The van der Waals surface area contributed by atoms with Crippen molar-refractivity contribution in [1.82, 2.24) is 20.4 Å². The molecular formula is C15H30N4O. The van der Waals surface area contributed by atoms with E-state index < -0.39 is 0 Å². The Kier molecular flexibility index (Phi) is 5.81. The van der Waals surface area contributed by atoms with Crippen LogP contribution in [-0.4, -0.2) is 75.1 Å². The first-order chi connectivity index (χ1) is 9.60. The Hall–Kier alpha value is -0.650. The van der Waals surface area contributed by atoms with Crippen molar-refractivity contribution >= 4 is 5.91 Å². The van der Waals surface area contributed by atoms with Crippen LogP contribution in [-0.2, 0) is 4.79 Å². The maximum Gasteiger partial charge on any atom is 0.239 e. The molecule has 5 nitrogen and oxygen atoms in total. The zero-order chi connectivity index (χ0) is 14.5. The number of carbonyl (C=O) groups is 1. The molecule has 2 N–H and O–H groups in total. The smallest absolute Gasteiger partial charge is 0.239 e. The van der Waals surface area contributed by atoms with Crippen LogP contribution in [0.25, 0.3) is 0 Å². The van der Waals surface area contributed by atoms with Crippen molar-refractivity contribution < 1.29 is 4.79 Å². The molecule has 1 unspecified atom stereocenters. The van der Waals surface area contributed by atoms with E-state index in [0.717, 1.165) is 52.1 Å². The standard InChI is InChI=1S/C15H30N4O/c1-12-8-14(17-9-12)15(20)19-6-4-13(11-19)10-18(3)7-5-16-2/h12-14,16-17H,4-11H2,1-3H3/t12-,13+,14?/m0/s1. The van der Waals surface area contributed by atoms with E-state index >= 15 is 0 Å². The molecular weight excluding hydrogens is 252 g/mol. The van der Waals surface area contributed by atoms with Crippen LogP contribution in [0.4, 0.5) is 0 Å². The van der Waals surface area contributed by atoms with E-state index in [4.69, 9.17) is 0 Å². The van der Waals surface area contributed by atoms with E-state index in [9.17, 15) is 4.79 Å². The Balaban J connectivity index is 1.73. The van der Waals surface area contributed by atoms with Gasteiger partial charge in [0.05, 0.1) is 6.04 Å². The summed E-state index contributed by atoms with van der Waals surface area (Å²) >= 11 is 0. The minimum atomic E-state index is 0.0748. The molecule has 2 aliphatic rings. The van der Waals surface area contributed by atoms with Gasteiger partial charge in [0.2, 0.25) is 5.91 Å². The second kappa shape index (κ2) is 7.38. The van der Waals surface area contributed by atoms with Gasteiger partial charge in [-0.2, -0.15) is 0 Å². The molecule has 0 aliphatic carbocycles. The third-order valence-corrected chi connectivity index (χ3v) is 4.56. The minimum absolute atomic E-state index is 0.0748. The van der Waals surface area contributed by atoms with Gasteiger partial charge in [-0.25, -0.2) is 0 Å². The molecule has 2 saturated heterocycles. The summed E-state index contributed by atoms with van der Waals surface area (Å²) in [5.74, 6) is 1.60. The lowest BCUT2D eigenvalue weighted by Gasteiger charge is -2.23. The highest BCUT2D eigenvalue weighted by Gasteiger charge is 2.34. The lowest BCUT2D eigenvalue weighted by atomic mass is 10.1. The average Bonchev–Trinajstić information content (AvgIpc) is 3.05. The van der Waals surface area contributed by atoms with Crippen LogP contribution >= 0.6 is 0 Å². The molecule has 5 heteroatoms. The van der Waals surface area contributed by atoms with Crippen LogP contribution in [0, 0.1) is 11.8 Å². The van der Waals surface area contributed by atoms with E-state index in [2.05, 4.69) is 34.4 Å². The number of likely N-dealkylation sites (N-methyl/N-ethyl adjacent to an activating group) is 2. The Labute approximate surface area is 123 Å². The van der Waals surface area contributed by atoms with Gasteiger partial charge in [-0.3, -0.25) is 4.79 Å². The number of carbonyl (C=O) groups excluding carboxylic acids is 1. The molecule has 0 aromatic rings. The predicted molar refractivity (Wildman–Crippen MR) is 81.7 cm³/mol.